The molecular weight excluding hydrogens is 293 g/mol. The van der Waals surface area contributed by atoms with Gasteiger partial charge in [-0.3, -0.25) is 0 Å². The summed E-state index contributed by atoms with van der Waals surface area (Å²) in [5.74, 6) is -0.175. The molecule has 1 aromatic rings. The van der Waals surface area contributed by atoms with Crippen molar-refractivity contribution in [1.82, 2.24) is 5.32 Å². The van der Waals surface area contributed by atoms with E-state index in [4.69, 9.17) is 0 Å². The zero-order valence-electron chi connectivity index (χ0n) is 10.5. The van der Waals surface area contributed by atoms with E-state index >= 15 is 0 Å². The van der Waals surface area contributed by atoms with Gasteiger partial charge >= 0.3 is 0 Å². The molecule has 1 fully saturated rings. The number of rotatable bonds is 2. The molecule has 0 bridgehead atoms. The summed E-state index contributed by atoms with van der Waals surface area (Å²) in [5.41, 5.74) is 0.655. The summed E-state index contributed by atoms with van der Waals surface area (Å²) in [6.45, 7) is 1.07. The minimum absolute atomic E-state index is 0.175. The van der Waals surface area contributed by atoms with E-state index in [0.717, 1.165) is 17.4 Å². The van der Waals surface area contributed by atoms with Crippen molar-refractivity contribution in [2.75, 3.05) is 6.54 Å². The summed E-state index contributed by atoms with van der Waals surface area (Å²) < 4.78 is 14.4. The third-order valence-electron chi connectivity index (χ3n) is 3.32. The average molecular weight is 312 g/mol. The van der Waals surface area contributed by atoms with Crippen molar-refractivity contribution in [3.05, 3.63) is 40.1 Å². The fourth-order valence-electron chi connectivity index (χ4n) is 2.25. The van der Waals surface area contributed by atoms with Gasteiger partial charge in [-0.25, -0.2) is 4.39 Å². The molecular formula is C15H19BrFN. The molecule has 0 saturated carbocycles. The minimum atomic E-state index is -0.175. The normalized spacial score (nSPS) is 21.8. The first-order valence-corrected chi connectivity index (χ1v) is 7.41. The fraction of sp³-hybridized carbons (Fsp3) is 0.467. The second kappa shape index (κ2) is 7.05. The van der Waals surface area contributed by atoms with E-state index in [9.17, 15) is 4.39 Å². The second-order valence-electron chi connectivity index (χ2n) is 4.79. The number of nitrogens with one attached hydrogen (secondary N) is 1. The van der Waals surface area contributed by atoms with Crippen molar-refractivity contribution >= 4 is 22.0 Å². The van der Waals surface area contributed by atoms with Crippen molar-refractivity contribution in [2.45, 2.75) is 38.1 Å². The molecule has 0 amide bonds. The van der Waals surface area contributed by atoms with Crippen LogP contribution in [-0.4, -0.2) is 12.6 Å². The Morgan fingerprint density at radius 1 is 1.22 bits per heavy atom. The summed E-state index contributed by atoms with van der Waals surface area (Å²) >= 11 is 3.27. The number of hydrogen-bond donors (Lipinski definition) is 1. The maximum Gasteiger partial charge on any atom is 0.131 e. The van der Waals surface area contributed by atoms with Crippen molar-refractivity contribution in [2.24, 2.45) is 0 Å². The molecule has 98 valence electrons. The summed E-state index contributed by atoms with van der Waals surface area (Å²) in [6.07, 6.45) is 10.3. The van der Waals surface area contributed by atoms with Crippen LogP contribution in [0.3, 0.4) is 0 Å². The molecule has 1 heterocycles. The summed E-state index contributed by atoms with van der Waals surface area (Å²) in [5, 5.41) is 3.50. The Morgan fingerprint density at radius 2 is 2.06 bits per heavy atom. The molecule has 1 unspecified atom stereocenters. The zero-order valence-corrected chi connectivity index (χ0v) is 12.0. The third-order valence-corrected chi connectivity index (χ3v) is 3.81. The Kier molecular flexibility index (Phi) is 5.39. The fourth-order valence-corrected chi connectivity index (χ4v) is 2.59. The molecule has 1 saturated heterocycles. The monoisotopic (exact) mass is 311 g/mol. The molecule has 0 spiro atoms. The zero-order chi connectivity index (χ0) is 12.8. The Hall–Kier alpha value is -0.670. The van der Waals surface area contributed by atoms with Crippen LogP contribution in [0.5, 0.6) is 0 Å². The molecule has 1 atom stereocenters. The van der Waals surface area contributed by atoms with Crippen LogP contribution in [0.4, 0.5) is 4.39 Å². The van der Waals surface area contributed by atoms with Crippen LogP contribution in [0.15, 0.2) is 28.7 Å². The van der Waals surface area contributed by atoms with Crippen molar-refractivity contribution in [3.8, 4) is 0 Å². The molecule has 0 radical (unpaired) electrons. The van der Waals surface area contributed by atoms with Gasteiger partial charge in [0.25, 0.3) is 0 Å². The highest BCUT2D eigenvalue weighted by atomic mass is 79.9. The average Bonchev–Trinajstić information content (AvgIpc) is 2.29. The van der Waals surface area contributed by atoms with Gasteiger partial charge in [-0.05, 0) is 31.5 Å². The summed E-state index contributed by atoms with van der Waals surface area (Å²) in [6, 6.07) is 5.56. The van der Waals surface area contributed by atoms with E-state index in [1.54, 1.807) is 6.07 Å². The molecule has 3 heteroatoms. The van der Waals surface area contributed by atoms with Gasteiger partial charge in [-0.15, -0.1) is 0 Å². The van der Waals surface area contributed by atoms with Gasteiger partial charge in [-0.2, -0.15) is 0 Å². The van der Waals surface area contributed by atoms with Crippen molar-refractivity contribution in [3.63, 3.8) is 0 Å². The molecule has 2 rings (SSSR count). The van der Waals surface area contributed by atoms with Crippen LogP contribution in [-0.2, 0) is 0 Å². The third kappa shape index (κ3) is 4.21. The summed E-state index contributed by atoms with van der Waals surface area (Å²) in [7, 11) is 0. The molecule has 1 aliphatic heterocycles. The van der Waals surface area contributed by atoms with E-state index in [-0.39, 0.29) is 5.82 Å². The lowest BCUT2D eigenvalue weighted by Crippen LogP contribution is -2.29. The van der Waals surface area contributed by atoms with Crippen molar-refractivity contribution < 1.29 is 4.39 Å². The molecule has 1 aromatic carbocycles. The highest BCUT2D eigenvalue weighted by Crippen LogP contribution is 2.17. The van der Waals surface area contributed by atoms with E-state index < -0.39 is 0 Å². The molecule has 1 N–H and O–H groups in total. The Balaban J connectivity index is 1.99. The van der Waals surface area contributed by atoms with Crippen LogP contribution in [0.25, 0.3) is 6.08 Å². The SMILES string of the molecule is Fc1cc(Br)ccc1/C=C/C1CCCCCCN1. The maximum absolute atomic E-state index is 13.6. The van der Waals surface area contributed by atoms with Crippen LogP contribution in [0, 0.1) is 5.82 Å². The topological polar surface area (TPSA) is 12.0 Å². The first-order chi connectivity index (χ1) is 8.75. The lowest BCUT2D eigenvalue weighted by Gasteiger charge is -2.18. The Morgan fingerprint density at radius 3 is 2.89 bits per heavy atom. The lowest BCUT2D eigenvalue weighted by molar-refractivity contribution is 0.465. The van der Waals surface area contributed by atoms with Crippen LogP contribution >= 0.6 is 15.9 Å². The predicted molar refractivity (Wildman–Crippen MR) is 78.0 cm³/mol. The van der Waals surface area contributed by atoms with E-state index in [1.165, 1.54) is 31.7 Å². The van der Waals surface area contributed by atoms with E-state index in [1.807, 2.05) is 12.1 Å². The van der Waals surface area contributed by atoms with E-state index in [2.05, 4.69) is 27.3 Å². The van der Waals surface area contributed by atoms with Gasteiger partial charge < -0.3 is 5.32 Å². The smallest absolute Gasteiger partial charge is 0.131 e. The second-order valence-corrected chi connectivity index (χ2v) is 5.70. The number of hydrogen-bond acceptors (Lipinski definition) is 1. The standard InChI is InChI=1S/C15H19BrFN/c16-13-8-6-12(15(17)11-13)7-9-14-5-3-1-2-4-10-18-14/h6-9,11,14,18H,1-5,10H2/b9-7+. The van der Waals surface area contributed by atoms with Gasteiger partial charge in [0, 0.05) is 16.1 Å². The quantitative estimate of drug-likeness (QED) is 0.846. The molecule has 0 aromatic heterocycles. The summed E-state index contributed by atoms with van der Waals surface area (Å²) in [4.78, 5) is 0. The molecule has 1 aliphatic rings. The minimum Gasteiger partial charge on any atom is -0.311 e. The Labute approximate surface area is 117 Å². The largest absolute Gasteiger partial charge is 0.311 e. The molecule has 18 heavy (non-hydrogen) atoms. The van der Waals surface area contributed by atoms with Gasteiger partial charge in [0.1, 0.15) is 5.82 Å². The van der Waals surface area contributed by atoms with Gasteiger partial charge in [0.05, 0.1) is 0 Å². The Bertz CT molecular complexity index is 409. The van der Waals surface area contributed by atoms with Crippen LogP contribution in [0.2, 0.25) is 0 Å². The highest BCUT2D eigenvalue weighted by molar-refractivity contribution is 9.10. The number of halogens is 2. The lowest BCUT2D eigenvalue weighted by atomic mass is 10.0. The van der Waals surface area contributed by atoms with Gasteiger partial charge in [-0.1, -0.05) is 53.4 Å². The number of benzene rings is 1. The highest BCUT2D eigenvalue weighted by Gasteiger charge is 2.07. The van der Waals surface area contributed by atoms with Crippen LogP contribution in [0.1, 0.15) is 37.7 Å². The van der Waals surface area contributed by atoms with Gasteiger partial charge in [0.15, 0.2) is 0 Å². The molecule has 0 aliphatic carbocycles. The molecule has 1 nitrogen and oxygen atoms in total. The van der Waals surface area contributed by atoms with E-state index in [0.29, 0.717) is 11.6 Å². The van der Waals surface area contributed by atoms with Crippen LogP contribution < -0.4 is 5.32 Å². The van der Waals surface area contributed by atoms with Crippen molar-refractivity contribution in [1.29, 1.82) is 0 Å². The first kappa shape index (κ1) is 13.8. The predicted octanol–water partition coefficient (Wildman–Crippen LogP) is 4.52. The van der Waals surface area contributed by atoms with Gasteiger partial charge in [0.2, 0.25) is 0 Å². The maximum atomic E-state index is 13.6. The first-order valence-electron chi connectivity index (χ1n) is 6.62.